The lowest BCUT2D eigenvalue weighted by Gasteiger charge is -2.32. The zero-order chi connectivity index (χ0) is 25.8. The molecule has 2 aromatic rings. The van der Waals surface area contributed by atoms with Crippen LogP contribution in [0.4, 0.5) is 5.69 Å². The molecule has 1 aliphatic heterocycles. The third-order valence-corrected chi connectivity index (χ3v) is 7.55. The Labute approximate surface area is 209 Å². The van der Waals surface area contributed by atoms with Gasteiger partial charge in [-0.2, -0.15) is 0 Å². The molecule has 2 aromatic carbocycles. The lowest BCUT2D eigenvalue weighted by molar-refractivity contribution is -0.126. The molecule has 1 heterocycles. The molecule has 2 N–H and O–H groups in total. The van der Waals surface area contributed by atoms with E-state index in [2.05, 4.69) is 30.8 Å². The number of anilines is 1. The Hall–Kier alpha value is -2.87. The van der Waals surface area contributed by atoms with Crippen LogP contribution < -0.4 is 10.0 Å². The fraction of sp³-hybridized carbons (Fsp3) is 0.481. The maximum Gasteiger partial charge on any atom is 0.261 e. The minimum atomic E-state index is -3.80. The molecule has 1 fully saturated rings. The van der Waals surface area contributed by atoms with Gasteiger partial charge in [0, 0.05) is 30.9 Å². The predicted molar refractivity (Wildman–Crippen MR) is 139 cm³/mol. The zero-order valence-corrected chi connectivity index (χ0v) is 22.1. The number of nitrogens with zero attached hydrogens (tertiary/aromatic N) is 1. The Kier molecular flexibility index (Phi) is 8.26. The quantitative estimate of drug-likeness (QED) is 0.590. The maximum absolute atomic E-state index is 13.2. The summed E-state index contributed by atoms with van der Waals surface area (Å²) < 4.78 is 28.4. The van der Waals surface area contributed by atoms with Gasteiger partial charge in [0.1, 0.15) is 0 Å². The Morgan fingerprint density at radius 1 is 1.09 bits per heavy atom. The molecule has 1 atom stereocenters. The van der Waals surface area contributed by atoms with Crippen LogP contribution >= 0.6 is 0 Å². The number of hydrogen-bond donors (Lipinski definition) is 2. The third-order valence-electron chi connectivity index (χ3n) is 6.16. The van der Waals surface area contributed by atoms with Crippen LogP contribution in [-0.4, -0.2) is 44.8 Å². The van der Waals surface area contributed by atoms with Gasteiger partial charge < -0.3 is 10.2 Å². The van der Waals surface area contributed by atoms with E-state index in [1.165, 1.54) is 0 Å². The van der Waals surface area contributed by atoms with Gasteiger partial charge in [-0.05, 0) is 60.1 Å². The van der Waals surface area contributed by atoms with Crippen molar-refractivity contribution in [3.8, 4) is 0 Å². The van der Waals surface area contributed by atoms with Gasteiger partial charge in [-0.25, -0.2) is 8.42 Å². The topological polar surface area (TPSA) is 95.6 Å². The normalized spacial score (nSPS) is 16.7. The van der Waals surface area contributed by atoms with E-state index in [-0.39, 0.29) is 28.0 Å². The van der Waals surface area contributed by atoms with Gasteiger partial charge >= 0.3 is 0 Å². The van der Waals surface area contributed by atoms with Crippen molar-refractivity contribution >= 4 is 27.5 Å². The van der Waals surface area contributed by atoms with Crippen LogP contribution in [0, 0.1) is 11.8 Å². The predicted octanol–water partition coefficient (Wildman–Crippen LogP) is 4.41. The summed E-state index contributed by atoms with van der Waals surface area (Å²) >= 11 is 0. The molecule has 2 amide bonds. The highest BCUT2D eigenvalue weighted by Gasteiger charge is 2.29. The Morgan fingerprint density at radius 2 is 1.77 bits per heavy atom. The van der Waals surface area contributed by atoms with Crippen LogP contribution in [0.3, 0.4) is 0 Å². The standard InChI is InChI=1S/C27H37N3O4S/c1-19(2)17-28-25(31)21-9-7-15-30(18-21)26(32)20-8-6-10-23(16-20)29-35(33,34)24-13-11-22(12-14-24)27(3,4)5/h6,8,10-14,16,19,21,29H,7,9,15,17-18H2,1-5H3,(H,28,31). The van der Waals surface area contributed by atoms with Gasteiger partial charge in [-0.15, -0.1) is 0 Å². The lowest BCUT2D eigenvalue weighted by atomic mass is 9.87. The van der Waals surface area contributed by atoms with Crippen molar-refractivity contribution < 1.29 is 18.0 Å². The van der Waals surface area contributed by atoms with Gasteiger partial charge in [0.05, 0.1) is 10.8 Å². The maximum atomic E-state index is 13.2. The molecule has 8 heteroatoms. The van der Waals surface area contributed by atoms with E-state index in [0.29, 0.717) is 36.8 Å². The minimum absolute atomic E-state index is 0.0183. The molecule has 0 spiro atoms. The Balaban J connectivity index is 1.70. The Morgan fingerprint density at radius 3 is 2.40 bits per heavy atom. The largest absolute Gasteiger partial charge is 0.356 e. The smallest absolute Gasteiger partial charge is 0.261 e. The zero-order valence-electron chi connectivity index (χ0n) is 21.3. The summed E-state index contributed by atoms with van der Waals surface area (Å²) in [4.78, 5) is 27.5. The SMILES string of the molecule is CC(C)CNC(=O)C1CCCN(C(=O)c2cccc(NS(=O)(=O)c3ccc(C(C)(C)C)cc3)c2)C1. The molecule has 0 aromatic heterocycles. The van der Waals surface area contributed by atoms with Gasteiger partial charge in [-0.3, -0.25) is 14.3 Å². The first-order valence-corrected chi connectivity index (χ1v) is 13.7. The second-order valence-corrected chi connectivity index (χ2v) is 12.4. The van der Waals surface area contributed by atoms with Gasteiger partial charge in [0.15, 0.2) is 0 Å². The van der Waals surface area contributed by atoms with Crippen molar-refractivity contribution in [2.75, 3.05) is 24.4 Å². The molecule has 190 valence electrons. The second kappa shape index (κ2) is 10.8. The third kappa shape index (κ3) is 7.07. The molecule has 1 saturated heterocycles. The number of piperidine rings is 1. The molecule has 1 unspecified atom stereocenters. The molecule has 35 heavy (non-hydrogen) atoms. The number of nitrogens with one attached hydrogen (secondary N) is 2. The lowest BCUT2D eigenvalue weighted by Crippen LogP contribution is -2.46. The molecule has 7 nitrogen and oxygen atoms in total. The van der Waals surface area contributed by atoms with Gasteiger partial charge in [0.2, 0.25) is 5.91 Å². The number of amides is 2. The van der Waals surface area contributed by atoms with Crippen LogP contribution in [0.2, 0.25) is 0 Å². The average Bonchev–Trinajstić information content (AvgIpc) is 2.81. The summed E-state index contributed by atoms with van der Waals surface area (Å²) in [6.07, 6.45) is 1.50. The highest BCUT2D eigenvalue weighted by atomic mass is 32.2. The molecular weight excluding hydrogens is 462 g/mol. The van der Waals surface area contributed by atoms with Crippen molar-refractivity contribution in [1.82, 2.24) is 10.2 Å². The Bertz CT molecular complexity index is 1150. The van der Waals surface area contributed by atoms with E-state index in [9.17, 15) is 18.0 Å². The van der Waals surface area contributed by atoms with E-state index >= 15 is 0 Å². The van der Waals surface area contributed by atoms with Crippen LogP contribution in [0.1, 0.15) is 63.4 Å². The number of hydrogen-bond acceptors (Lipinski definition) is 4. The summed E-state index contributed by atoms with van der Waals surface area (Å²) in [5.41, 5.74) is 1.67. The monoisotopic (exact) mass is 499 g/mol. The van der Waals surface area contributed by atoms with Gasteiger partial charge in [0.25, 0.3) is 15.9 Å². The fourth-order valence-corrected chi connectivity index (χ4v) is 5.12. The summed E-state index contributed by atoms with van der Waals surface area (Å²) in [5, 5.41) is 2.96. The molecule has 0 saturated carbocycles. The van der Waals surface area contributed by atoms with E-state index < -0.39 is 10.0 Å². The highest BCUT2D eigenvalue weighted by Crippen LogP contribution is 2.25. The molecule has 0 bridgehead atoms. The summed E-state index contributed by atoms with van der Waals surface area (Å²) in [6.45, 7) is 11.8. The highest BCUT2D eigenvalue weighted by molar-refractivity contribution is 7.92. The van der Waals surface area contributed by atoms with Crippen molar-refractivity contribution in [3.05, 3.63) is 59.7 Å². The average molecular weight is 500 g/mol. The van der Waals surface area contributed by atoms with E-state index in [4.69, 9.17) is 0 Å². The van der Waals surface area contributed by atoms with Crippen molar-refractivity contribution in [2.45, 2.75) is 57.8 Å². The number of carbonyl (C=O) groups excluding carboxylic acids is 2. The second-order valence-electron chi connectivity index (χ2n) is 10.7. The van der Waals surface area contributed by atoms with Crippen molar-refractivity contribution in [3.63, 3.8) is 0 Å². The molecule has 3 rings (SSSR count). The van der Waals surface area contributed by atoms with E-state index in [1.54, 1.807) is 41.3 Å². The summed E-state index contributed by atoms with van der Waals surface area (Å²) in [5.74, 6) is -0.0930. The van der Waals surface area contributed by atoms with E-state index in [1.807, 2.05) is 26.0 Å². The van der Waals surface area contributed by atoms with E-state index in [0.717, 1.165) is 18.4 Å². The molecule has 1 aliphatic rings. The first kappa shape index (κ1) is 26.7. The fourth-order valence-electron chi connectivity index (χ4n) is 4.07. The number of likely N-dealkylation sites (tertiary alicyclic amines) is 1. The van der Waals surface area contributed by atoms with Crippen molar-refractivity contribution in [2.24, 2.45) is 11.8 Å². The summed E-state index contributed by atoms with van der Waals surface area (Å²) in [7, 11) is -3.80. The van der Waals surface area contributed by atoms with Crippen LogP contribution in [-0.2, 0) is 20.2 Å². The first-order valence-electron chi connectivity index (χ1n) is 12.2. The minimum Gasteiger partial charge on any atom is -0.356 e. The van der Waals surface area contributed by atoms with Crippen LogP contribution in [0.5, 0.6) is 0 Å². The number of carbonyl (C=O) groups is 2. The van der Waals surface area contributed by atoms with Gasteiger partial charge in [-0.1, -0.05) is 52.8 Å². The number of sulfonamides is 1. The van der Waals surface area contributed by atoms with Crippen LogP contribution in [0.15, 0.2) is 53.4 Å². The molecule has 0 radical (unpaired) electrons. The molecular formula is C27H37N3O4S. The number of rotatable bonds is 7. The number of benzene rings is 2. The van der Waals surface area contributed by atoms with Crippen molar-refractivity contribution in [1.29, 1.82) is 0 Å². The summed E-state index contributed by atoms with van der Waals surface area (Å²) in [6, 6.07) is 13.3. The van der Waals surface area contributed by atoms with Crippen LogP contribution in [0.25, 0.3) is 0 Å². The molecule has 0 aliphatic carbocycles. The first-order chi connectivity index (χ1) is 16.4.